The summed E-state index contributed by atoms with van der Waals surface area (Å²) in [7, 11) is 3.50. The van der Waals surface area contributed by atoms with E-state index in [2.05, 4.69) is 20.7 Å². The smallest absolute Gasteiger partial charge is 0.275 e. The van der Waals surface area contributed by atoms with Gasteiger partial charge < -0.3 is 27.0 Å². The van der Waals surface area contributed by atoms with E-state index in [4.69, 9.17) is 11.5 Å². The Kier molecular flexibility index (Phi) is 6.04. The average molecular weight is 473 g/mol. The number of anilines is 3. The molecule has 0 atom stereocenters. The molecule has 33 heavy (non-hydrogen) atoms. The van der Waals surface area contributed by atoms with Crippen LogP contribution in [0.2, 0.25) is 0 Å². The van der Waals surface area contributed by atoms with Gasteiger partial charge in [0.1, 0.15) is 22.1 Å². The molecule has 1 saturated heterocycles. The van der Waals surface area contributed by atoms with Crippen LogP contribution in [-0.2, 0) is 11.8 Å². The monoisotopic (exact) mass is 472 g/mol. The summed E-state index contributed by atoms with van der Waals surface area (Å²) >= 11 is 1.33. The maximum Gasteiger partial charge on any atom is 0.275 e. The number of nitrogen functional groups attached to an aromatic ring is 1. The van der Waals surface area contributed by atoms with Crippen LogP contribution in [0.4, 0.5) is 21.5 Å². The van der Waals surface area contributed by atoms with Crippen molar-refractivity contribution in [2.75, 3.05) is 36.1 Å². The molecule has 1 fully saturated rings. The second kappa shape index (κ2) is 8.79. The molecular formula is C21H25FN8O2S. The van der Waals surface area contributed by atoms with E-state index in [-0.39, 0.29) is 11.4 Å². The largest absolute Gasteiger partial charge is 0.396 e. The number of nitrogens with two attached hydrogens (primary N) is 2. The number of primary amides is 1. The van der Waals surface area contributed by atoms with Crippen LogP contribution in [-0.4, -0.2) is 52.3 Å². The van der Waals surface area contributed by atoms with Crippen LogP contribution < -0.4 is 27.0 Å². The first-order valence-electron chi connectivity index (χ1n) is 10.3. The van der Waals surface area contributed by atoms with E-state index in [1.165, 1.54) is 23.5 Å². The highest BCUT2D eigenvalue weighted by atomic mass is 32.1. The quantitative estimate of drug-likeness (QED) is 0.399. The van der Waals surface area contributed by atoms with Gasteiger partial charge in [-0.2, -0.15) is 5.10 Å². The van der Waals surface area contributed by atoms with Gasteiger partial charge in [0.15, 0.2) is 0 Å². The van der Waals surface area contributed by atoms with Gasteiger partial charge in [0, 0.05) is 43.3 Å². The van der Waals surface area contributed by atoms with Crippen LogP contribution in [0.15, 0.2) is 29.9 Å². The van der Waals surface area contributed by atoms with E-state index in [9.17, 15) is 14.0 Å². The highest BCUT2D eigenvalue weighted by Crippen LogP contribution is 2.35. The van der Waals surface area contributed by atoms with Crippen molar-refractivity contribution in [1.82, 2.24) is 20.1 Å². The summed E-state index contributed by atoms with van der Waals surface area (Å²) in [6, 6.07) is 2.69. The van der Waals surface area contributed by atoms with Crippen LogP contribution in [0.5, 0.6) is 0 Å². The van der Waals surface area contributed by atoms with Crippen molar-refractivity contribution >= 4 is 40.2 Å². The third-order valence-electron chi connectivity index (χ3n) is 5.96. The summed E-state index contributed by atoms with van der Waals surface area (Å²) in [5.74, 6) is -1.45. The van der Waals surface area contributed by atoms with Crippen LogP contribution in [0, 0.1) is 5.82 Å². The number of rotatable bonds is 6. The lowest BCUT2D eigenvalue weighted by atomic mass is 9.86. The van der Waals surface area contributed by atoms with Gasteiger partial charge in [-0.15, -0.1) is 11.3 Å². The second-order valence-electron chi connectivity index (χ2n) is 7.97. The maximum absolute atomic E-state index is 14.3. The minimum absolute atomic E-state index is 0.0814. The molecule has 3 heterocycles. The summed E-state index contributed by atoms with van der Waals surface area (Å²) in [4.78, 5) is 31.1. The Hall–Kier alpha value is -3.51. The number of halogens is 1. The number of aromatic nitrogens is 3. The Balaban J connectivity index is 1.56. The van der Waals surface area contributed by atoms with Crippen molar-refractivity contribution < 1.29 is 14.0 Å². The van der Waals surface area contributed by atoms with Gasteiger partial charge in [-0.1, -0.05) is 0 Å². The van der Waals surface area contributed by atoms with Gasteiger partial charge in [-0.25, -0.2) is 9.37 Å². The number of likely N-dealkylation sites (N-methyl/N-ethyl adjacent to an activating group) is 1. The molecule has 0 aliphatic carbocycles. The molecule has 1 aliphatic rings. The Bertz CT molecular complexity index is 1200. The summed E-state index contributed by atoms with van der Waals surface area (Å²) in [5, 5.41) is 12.3. The minimum atomic E-state index is -0.810. The number of piperidine rings is 1. The standard InChI is InChI=1S/C21H25FN8O2S/c1-25-21(20(24)32)3-5-30(6-4-21)17-7-13(22)14(23)8-15(17)27-18(31)16-11-33-19(28-16)12-9-26-29(2)10-12/h7-11,25H,3-6,23H2,1-2H3,(H2,24,32)(H,27,31). The number of hydrogen-bond donors (Lipinski definition) is 4. The molecule has 0 radical (unpaired) electrons. The fourth-order valence-corrected chi connectivity index (χ4v) is 4.69. The molecule has 0 spiro atoms. The third kappa shape index (κ3) is 4.39. The molecule has 0 unspecified atom stereocenters. The van der Waals surface area contributed by atoms with Gasteiger partial charge in [0.2, 0.25) is 5.91 Å². The number of thiazole rings is 1. The molecule has 4 rings (SSSR count). The molecule has 174 valence electrons. The normalized spacial score (nSPS) is 15.4. The maximum atomic E-state index is 14.3. The lowest BCUT2D eigenvalue weighted by Gasteiger charge is -2.41. The highest BCUT2D eigenvalue weighted by molar-refractivity contribution is 7.13. The van der Waals surface area contributed by atoms with E-state index in [1.807, 2.05) is 11.1 Å². The molecule has 1 aromatic carbocycles. The van der Waals surface area contributed by atoms with E-state index in [0.29, 0.717) is 42.3 Å². The third-order valence-corrected chi connectivity index (χ3v) is 6.85. The van der Waals surface area contributed by atoms with Crippen LogP contribution in [0.3, 0.4) is 0 Å². The lowest BCUT2D eigenvalue weighted by Crippen LogP contribution is -2.59. The Morgan fingerprint density at radius 1 is 1.27 bits per heavy atom. The van der Waals surface area contributed by atoms with E-state index in [1.54, 1.807) is 30.4 Å². The van der Waals surface area contributed by atoms with E-state index in [0.717, 1.165) is 5.56 Å². The number of aryl methyl sites for hydroxylation is 1. The molecular weight excluding hydrogens is 447 g/mol. The topological polar surface area (TPSA) is 144 Å². The van der Waals surface area contributed by atoms with Crippen LogP contribution >= 0.6 is 11.3 Å². The zero-order chi connectivity index (χ0) is 23.8. The molecule has 10 nitrogen and oxygen atoms in total. The zero-order valence-electron chi connectivity index (χ0n) is 18.3. The summed E-state index contributed by atoms with van der Waals surface area (Å²) in [6.45, 7) is 0.885. The average Bonchev–Trinajstić information content (AvgIpc) is 3.45. The zero-order valence-corrected chi connectivity index (χ0v) is 19.1. The Morgan fingerprint density at radius 2 is 2.00 bits per heavy atom. The van der Waals surface area contributed by atoms with Gasteiger partial charge in [0.25, 0.3) is 5.91 Å². The molecule has 3 aromatic rings. The molecule has 0 saturated carbocycles. The van der Waals surface area contributed by atoms with Crippen LogP contribution in [0.25, 0.3) is 10.6 Å². The summed E-state index contributed by atoms with van der Waals surface area (Å²) in [6.07, 6.45) is 4.37. The number of nitrogens with one attached hydrogen (secondary N) is 2. The number of hydrogen-bond acceptors (Lipinski definition) is 8. The molecule has 2 amide bonds. The summed E-state index contributed by atoms with van der Waals surface area (Å²) in [5.41, 5.74) is 12.4. The first-order valence-corrected chi connectivity index (χ1v) is 11.2. The Labute approximate surface area is 193 Å². The molecule has 2 aromatic heterocycles. The second-order valence-corrected chi connectivity index (χ2v) is 8.83. The SMILES string of the molecule is CNC1(C(N)=O)CCN(c2cc(F)c(N)cc2NC(=O)c2csc(-c3cnn(C)c3)n2)CC1. The Morgan fingerprint density at radius 3 is 2.61 bits per heavy atom. The number of nitrogens with zero attached hydrogens (tertiary/aromatic N) is 4. The van der Waals surface area contributed by atoms with E-state index < -0.39 is 23.2 Å². The van der Waals surface area contributed by atoms with E-state index >= 15 is 0 Å². The van der Waals surface area contributed by atoms with Gasteiger partial charge in [0.05, 0.1) is 23.3 Å². The van der Waals surface area contributed by atoms with Crippen molar-refractivity contribution in [2.45, 2.75) is 18.4 Å². The fourth-order valence-electron chi connectivity index (χ4n) is 3.92. The number of carbonyl (C=O) groups is 2. The number of amides is 2. The van der Waals surface area contributed by atoms with Gasteiger partial charge >= 0.3 is 0 Å². The predicted molar refractivity (Wildman–Crippen MR) is 126 cm³/mol. The van der Waals surface area contributed by atoms with Gasteiger partial charge in [-0.3, -0.25) is 14.3 Å². The first kappa shape index (κ1) is 22.7. The number of carbonyl (C=O) groups excluding carboxylic acids is 2. The van der Waals surface area contributed by atoms with Crippen molar-refractivity contribution in [3.63, 3.8) is 0 Å². The van der Waals surface area contributed by atoms with Crippen LogP contribution in [0.1, 0.15) is 23.3 Å². The predicted octanol–water partition coefficient (Wildman–Crippen LogP) is 1.56. The molecule has 1 aliphatic heterocycles. The van der Waals surface area contributed by atoms with Crippen molar-refractivity contribution in [1.29, 1.82) is 0 Å². The fraction of sp³-hybridized carbons (Fsp3) is 0.333. The highest BCUT2D eigenvalue weighted by Gasteiger charge is 2.39. The minimum Gasteiger partial charge on any atom is -0.396 e. The van der Waals surface area contributed by atoms with Crippen molar-refractivity contribution in [3.05, 3.63) is 41.4 Å². The summed E-state index contributed by atoms with van der Waals surface area (Å²) < 4.78 is 16.0. The molecule has 0 bridgehead atoms. The lowest BCUT2D eigenvalue weighted by molar-refractivity contribution is -0.125. The first-order chi connectivity index (χ1) is 15.7. The van der Waals surface area contributed by atoms with Gasteiger partial charge in [-0.05, 0) is 26.0 Å². The van der Waals surface area contributed by atoms with Crippen molar-refractivity contribution in [3.8, 4) is 10.6 Å². The number of benzene rings is 1. The molecule has 6 N–H and O–H groups in total. The van der Waals surface area contributed by atoms with Crippen molar-refractivity contribution in [2.24, 2.45) is 12.8 Å². The molecule has 12 heteroatoms.